The Morgan fingerprint density at radius 1 is 1.40 bits per heavy atom. The van der Waals surface area contributed by atoms with Crippen LogP contribution in [0.4, 0.5) is 4.79 Å². The van der Waals surface area contributed by atoms with Gasteiger partial charge in [0.1, 0.15) is 5.60 Å². The first-order chi connectivity index (χ1) is 9.26. The molecule has 0 aliphatic heterocycles. The Morgan fingerprint density at radius 3 is 2.70 bits per heavy atom. The molecule has 0 saturated heterocycles. The van der Waals surface area contributed by atoms with Crippen LogP contribution in [0.5, 0.6) is 0 Å². The molecule has 0 bridgehead atoms. The van der Waals surface area contributed by atoms with E-state index >= 15 is 0 Å². The van der Waals surface area contributed by atoms with Gasteiger partial charge in [-0.15, -0.1) is 0 Å². The normalized spacial score (nSPS) is 23.1. The maximum Gasteiger partial charge on any atom is 0.407 e. The van der Waals surface area contributed by atoms with E-state index in [1.165, 1.54) is 18.4 Å². The van der Waals surface area contributed by atoms with E-state index in [2.05, 4.69) is 30.6 Å². The van der Waals surface area contributed by atoms with E-state index < -0.39 is 5.60 Å². The van der Waals surface area contributed by atoms with Gasteiger partial charge in [-0.2, -0.15) is 0 Å². The highest BCUT2D eigenvalue weighted by Gasteiger charge is 2.18. The molecule has 2 N–H and O–H groups in total. The standard InChI is InChI=1S/C16H30N2O2/c1-12-8-13(2)10-14(9-12)11-17-6-7-18-15(19)20-16(3,4)5/h8,12,14,17H,6-7,9-11H2,1-5H3,(H,18,19). The molecule has 1 amide bonds. The monoisotopic (exact) mass is 282 g/mol. The fourth-order valence-corrected chi connectivity index (χ4v) is 2.72. The summed E-state index contributed by atoms with van der Waals surface area (Å²) in [4.78, 5) is 11.4. The van der Waals surface area contributed by atoms with Crippen molar-refractivity contribution < 1.29 is 9.53 Å². The van der Waals surface area contributed by atoms with Gasteiger partial charge in [0.2, 0.25) is 0 Å². The van der Waals surface area contributed by atoms with Crippen molar-refractivity contribution >= 4 is 6.09 Å². The summed E-state index contributed by atoms with van der Waals surface area (Å²) in [6.45, 7) is 12.5. The summed E-state index contributed by atoms with van der Waals surface area (Å²) >= 11 is 0. The average molecular weight is 282 g/mol. The third-order valence-corrected chi connectivity index (χ3v) is 3.29. The molecule has 2 unspecified atom stereocenters. The Labute approximate surface area is 123 Å². The Bertz CT molecular complexity index is 345. The van der Waals surface area contributed by atoms with Gasteiger partial charge in [-0.05, 0) is 58.9 Å². The number of rotatable bonds is 5. The number of alkyl carbamates (subject to hydrolysis) is 1. The van der Waals surface area contributed by atoms with E-state index in [0.29, 0.717) is 12.5 Å². The lowest BCUT2D eigenvalue weighted by molar-refractivity contribution is 0.0528. The van der Waals surface area contributed by atoms with E-state index in [9.17, 15) is 4.79 Å². The summed E-state index contributed by atoms with van der Waals surface area (Å²) < 4.78 is 5.18. The minimum atomic E-state index is -0.431. The van der Waals surface area contributed by atoms with Crippen LogP contribution < -0.4 is 10.6 Å². The minimum Gasteiger partial charge on any atom is -0.444 e. The maximum atomic E-state index is 11.4. The van der Waals surface area contributed by atoms with Crippen molar-refractivity contribution in [2.75, 3.05) is 19.6 Å². The molecule has 0 aromatic carbocycles. The van der Waals surface area contributed by atoms with Gasteiger partial charge < -0.3 is 15.4 Å². The third-order valence-electron chi connectivity index (χ3n) is 3.29. The van der Waals surface area contributed by atoms with E-state index in [1.54, 1.807) is 0 Å². The van der Waals surface area contributed by atoms with Crippen LogP contribution in [0.1, 0.15) is 47.5 Å². The molecule has 0 radical (unpaired) electrons. The predicted octanol–water partition coefficient (Wildman–Crippen LogP) is 3.09. The molecule has 1 aliphatic carbocycles. The van der Waals surface area contributed by atoms with Crippen LogP contribution in [0.2, 0.25) is 0 Å². The number of nitrogens with one attached hydrogen (secondary N) is 2. The first kappa shape index (κ1) is 17.0. The zero-order valence-electron chi connectivity index (χ0n) is 13.6. The molecular formula is C16H30N2O2. The number of carbonyl (C=O) groups excluding carboxylic acids is 1. The second-order valence-corrected chi connectivity index (χ2v) is 6.93. The molecule has 4 nitrogen and oxygen atoms in total. The highest BCUT2D eigenvalue weighted by Crippen LogP contribution is 2.27. The minimum absolute atomic E-state index is 0.343. The lowest BCUT2D eigenvalue weighted by Gasteiger charge is -2.25. The summed E-state index contributed by atoms with van der Waals surface area (Å²) in [7, 11) is 0. The number of hydrogen-bond acceptors (Lipinski definition) is 3. The molecule has 2 atom stereocenters. The number of ether oxygens (including phenoxy) is 1. The van der Waals surface area contributed by atoms with Crippen LogP contribution in [-0.2, 0) is 4.74 Å². The summed E-state index contributed by atoms with van der Waals surface area (Å²) in [5.74, 6) is 1.41. The van der Waals surface area contributed by atoms with Gasteiger partial charge in [-0.3, -0.25) is 0 Å². The average Bonchev–Trinajstić information content (AvgIpc) is 2.24. The molecule has 0 aromatic rings. The Balaban J connectivity index is 2.08. The quantitative estimate of drug-likeness (QED) is 0.602. The van der Waals surface area contributed by atoms with Crippen molar-refractivity contribution in [3.63, 3.8) is 0 Å². The molecular weight excluding hydrogens is 252 g/mol. The third kappa shape index (κ3) is 7.53. The van der Waals surface area contributed by atoms with E-state index in [4.69, 9.17) is 4.74 Å². The Hall–Kier alpha value is -1.03. The Kier molecular flexibility index (Phi) is 6.53. The van der Waals surface area contributed by atoms with Gasteiger partial charge in [0, 0.05) is 13.1 Å². The van der Waals surface area contributed by atoms with Crippen molar-refractivity contribution in [3.8, 4) is 0 Å². The fraction of sp³-hybridized carbons (Fsp3) is 0.812. The summed E-state index contributed by atoms with van der Waals surface area (Å²) in [5.41, 5.74) is 1.07. The van der Waals surface area contributed by atoms with Gasteiger partial charge in [0.25, 0.3) is 0 Å². The van der Waals surface area contributed by atoms with Crippen LogP contribution in [0, 0.1) is 11.8 Å². The zero-order chi connectivity index (χ0) is 15.2. The lowest BCUT2D eigenvalue weighted by Crippen LogP contribution is -2.37. The zero-order valence-corrected chi connectivity index (χ0v) is 13.6. The van der Waals surface area contributed by atoms with Crippen LogP contribution in [0.25, 0.3) is 0 Å². The summed E-state index contributed by atoms with van der Waals surface area (Å²) in [6, 6.07) is 0. The first-order valence-corrected chi connectivity index (χ1v) is 7.61. The second kappa shape index (κ2) is 7.67. The van der Waals surface area contributed by atoms with Crippen molar-refractivity contribution in [1.29, 1.82) is 0 Å². The molecule has 20 heavy (non-hydrogen) atoms. The largest absolute Gasteiger partial charge is 0.444 e. The van der Waals surface area contributed by atoms with E-state index in [1.807, 2.05) is 20.8 Å². The fourth-order valence-electron chi connectivity index (χ4n) is 2.72. The van der Waals surface area contributed by atoms with Gasteiger partial charge in [0.05, 0.1) is 0 Å². The molecule has 4 heteroatoms. The van der Waals surface area contributed by atoms with Crippen LogP contribution in [-0.4, -0.2) is 31.3 Å². The number of amides is 1. The van der Waals surface area contributed by atoms with Crippen LogP contribution in [0.3, 0.4) is 0 Å². The highest BCUT2D eigenvalue weighted by atomic mass is 16.6. The molecule has 1 rings (SSSR count). The highest BCUT2D eigenvalue weighted by molar-refractivity contribution is 5.67. The van der Waals surface area contributed by atoms with Gasteiger partial charge in [0.15, 0.2) is 0 Å². The molecule has 0 heterocycles. The summed E-state index contributed by atoms with van der Waals surface area (Å²) in [5, 5.41) is 6.18. The van der Waals surface area contributed by atoms with Crippen LogP contribution >= 0.6 is 0 Å². The molecule has 116 valence electrons. The lowest BCUT2D eigenvalue weighted by atomic mass is 9.84. The number of carbonyl (C=O) groups is 1. The van der Waals surface area contributed by atoms with E-state index in [-0.39, 0.29) is 6.09 Å². The Morgan fingerprint density at radius 2 is 2.10 bits per heavy atom. The second-order valence-electron chi connectivity index (χ2n) is 6.93. The molecule has 0 aromatic heterocycles. The molecule has 0 fully saturated rings. The van der Waals surface area contributed by atoms with Gasteiger partial charge in [-0.25, -0.2) is 4.79 Å². The van der Waals surface area contributed by atoms with Gasteiger partial charge in [-0.1, -0.05) is 18.6 Å². The topological polar surface area (TPSA) is 50.4 Å². The van der Waals surface area contributed by atoms with Crippen molar-refractivity contribution in [3.05, 3.63) is 11.6 Å². The maximum absolute atomic E-state index is 11.4. The predicted molar refractivity (Wildman–Crippen MR) is 82.8 cm³/mol. The van der Waals surface area contributed by atoms with E-state index in [0.717, 1.165) is 19.0 Å². The number of hydrogen-bond donors (Lipinski definition) is 2. The molecule has 1 aliphatic rings. The van der Waals surface area contributed by atoms with Gasteiger partial charge >= 0.3 is 6.09 Å². The smallest absolute Gasteiger partial charge is 0.407 e. The van der Waals surface area contributed by atoms with Crippen LogP contribution in [0.15, 0.2) is 11.6 Å². The first-order valence-electron chi connectivity index (χ1n) is 7.61. The van der Waals surface area contributed by atoms with Crippen molar-refractivity contribution in [2.24, 2.45) is 11.8 Å². The summed E-state index contributed by atoms with van der Waals surface area (Å²) in [6.07, 6.45) is 4.48. The number of allylic oxidation sites excluding steroid dienone is 2. The molecule has 0 spiro atoms. The SMILES string of the molecule is CC1=CC(C)CC(CNCCNC(=O)OC(C)(C)C)C1. The van der Waals surface area contributed by atoms with Crippen molar-refractivity contribution in [1.82, 2.24) is 10.6 Å². The van der Waals surface area contributed by atoms with Crippen molar-refractivity contribution in [2.45, 2.75) is 53.1 Å². The molecule has 0 saturated carbocycles.